The molecule has 5 nitrogen and oxygen atoms in total. The van der Waals surface area contributed by atoms with Crippen molar-refractivity contribution in [3.8, 4) is 0 Å². The van der Waals surface area contributed by atoms with Crippen LogP contribution in [0.25, 0.3) is 0 Å². The molecule has 0 aliphatic carbocycles. The molecule has 1 aromatic rings. The van der Waals surface area contributed by atoms with Crippen molar-refractivity contribution in [1.29, 1.82) is 0 Å². The molecule has 0 aromatic carbocycles. The van der Waals surface area contributed by atoms with Crippen LogP contribution in [-0.4, -0.2) is 44.0 Å². The van der Waals surface area contributed by atoms with Crippen molar-refractivity contribution in [2.24, 2.45) is 5.92 Å². The number of aliphatic hydroxyl groups excluding tert-OH is 1. The molecule has 0 aliphatic rings. The Morgan fingerprint density at radius 1 is 1.47 bits per heavy atom. The number of hydrogen-bond donors (Lipinski definition) is 3. The van der Waals surface area contributed by atoms with Crippen molar-refractivity contribution in [2.45, 2.75) is 19.4 Å². The van der Waals surface area contributed by atoms with Crippen molar-refractivity contribution in [3.05, 3.63) is 22.4 Å². The number of carbonyl (C=O) groups is 1. The number of hydrogen-bond acceptors (Lipinski definition) is 4. The number of rotatable bonds is 8. The summed E-state index contributed by atoms with van der Waals surface area (Å²) < 4.78 is 4.77. The van der Waals surface area contributed by atoms with E-state index in [1.165, 1.54) is 12.0 Å². The van der Waals surface area contributed by atoms with Gasteiger partial charge in [-0.2, -0.15) is 0 Å². The predicted octanol–water partition coefficient (Wildman–Crippen LogP) is 1.23. The lowest BCUT2D eigenvalue weighted by molar-refractivity contribution is 0.0659. The Morgan fingerprint density at radius 3 is 2.84 bits per heavy atom. The highest BCUT2D eigenvalue weighted by Gasteiger charge is 2.09. The smallest absolute Gasteiger partial charge is 0.314 e. The van der Waals surface area contributed by atoms with Crippen LogP contribution in [0.2, 0.25) is 0 Å². The molecule has 0 aliphatic heterocycles. The summed E-state index contributed by atoms with van der Waals surface area (Å²) in [6.45, 7) is 3.12. The van der Waals surface area contributed by atoms with Gasteiger partial charge in [0.05, 0.1) is 12.7 Å². The first kappa shape index (κ1) is 15.9. The van der Waals surface area contributed by atoms with Crippen LogP contribution in [-0.2, 0) is 11.2 Å². The van der Waals surface area contributed by atoms with Gasteiger partial charge in [-0.3, -0.25) is 0 Å². The molecule has 1 rings (SSSR count). The van der Waals surface area contributed by atoms with Crippen molar-refractivity contribution in [3.63, 3.8) is 0 Å². The quantitative estimate of drug-likeness (QED) is 0.673. The number of amides is 2. The maximum absolute atomic E-state index is 11.5. The molecule has 0 bridgehead atoms. The fourth-order valence-corrected chi connectivity index (χ4v) is 2.51. The van der Waals surface area contributed by atoms with Gasteiger partial charge >= 0.3 is 6.03 Å². The molecule has 3 N–H and O–H groups in total. The van der Waals surface area contributed by atoms with Crippen molar-refractivity contribution < 1.29 is 14.6 Å². The Kier molecular flexibility index (Phi) is 7.47. The topological polar surface area (TPSA) is 70.6 Å². The average molecular weight is 286 g/mol. The second kappa shape index (κ2) is 8.90. The minimum absolute atomic E-state index is 0.193. The van der Waals surface area contributed by atoms with Crippen LogP contribution in [0.15, 0.2) is 17.5 Å². The largest absolute Gasteiger partial charge is 0.389 e. The lowest BCUT2D eigenvalue weighted by Crippen LogP contribution is -2.42. The third-order valence-electron chi connectivity index (χ3n) is 2.60. The van der Waals surface area contributed by atoms with Crippen molar-refractivity contribution in [1.82, 2.24) is 10.6 Å². The van der Waals surface area contributed by atoms with E-state index in [2.05, 4.69) is 29.0 Å². The van der Waals surface area contributed by atoms with E-state index in [0.29, 0.717) is 12.5 Å². The first-order chi connectivity index (χ1) is 9.11. The lowest BCUT2D eigenvalue weighted by Gasteiger charge is -2.14. The van der Waals surface area contributed by atoms with E-state index >= 15 is 0 Å². The van der Waals surface area contributed by atoms with E-state index in [-0.39, 0.29) is 19.2 Å². The molecule has 0 radical (unpaired) electrons. The number of urea groups is 1. The van der Waals surface area contributed by atoms with Gasteiger partial charge in [-0.05, 0) is 23.8 Å². The molecule has 0 saturated heterocycles. The first-order valence-electron chi connectivity index (χ1n) is 6.33. The van der Waals surface area contributed by atoms with Gasteiger partial charge in [0.1, 0.15) is 0 Å². The summed E-state index contributed by atoms with van der Waals surface area (Å²) in [5, 5.41) is 16.8. The zero-order valence-electron chi connectivity index (χ0n) is 11.4. The molecule has 1 aromatic heterocycles. The predicted molar refractivity (Wildman–Crippen MR) is 76.5 cm³/mol. The number of thiophene rings is 1. The molecule has 6 heteroatoms. The molecule has 19 heavy (non-hydrogen) atoms. The van der Waals surface area contributed by atoms with Crippen molar-refractivity contribution >= 4 is 17.4 Å². The van der Waals surface area contributed by atoms with E-state index < -0.39 is 6.10 Å². The summed E-state index contributed by atoms with van der Waals surface area (Å²) in [4.78, 5) is 12.8. The molecule has 0 saturated carbocycles. The third-order valence-corrected chi connectivity index (χ3v) is 3.50. The van der Waals surface area contributed by atoms with Gasteiger partial charge in [0.15, 0.2) is 0 Å². The molecule has 2 unspecified atom stereocenters. The highest BCUT2D eigenvalue weighted by atomic mass is 32.1. The van der Waals surface area contributed by atoms with Gasteiger partial charge < -0.3 is 20.5 Å². The minimum atomic E-state index is -0.667. The number of methoxy groups -OCH3 is 1. The summed E-state index contributed by atoms with van der Waals surface area (Å²) >= 11 is 1.73. The van der Waals surface area contributed by atoms with Gasteiger partial charge in [-0.25, -0.2) is 4.79 Å². The Morgan fingerprint density at radius 2 is 2.21 bits per heavy atom. The Bertz CT molecular complexity index is 357. The van der Waals surface area contributed by atoms with E-state index in [1.54, 1.807) is 11.3 Å². The molecule has 2 atom stereocenters. The highest BCUT2D eigenvalue weighted by molar-refractivity contribution is 7.09. The molecular weight excluding hydrogens is 264 g/mol. The summed E-state index contributed by atoms with van der Waals surface area (Å²) in [5.41, 5.74) is 0. The second-order valence-corrected chi connectivity index (χ2v) is 5.62. The van der Waals surface area contributed by atoms with Crippen LogP contribution in [0.4, 0.5) is 4.79 Å². The fraction of sp³-hybridized carbons (Fsp3) is 0.615. The minimum Gasteiger partial charge on any atom is -0.389 e. The summed E-state index contributed by atoms with van der Waals surface area (Å²) in [6, 6.07) is 3.88. The molecule has 108 valence electrons. The average Bonchev–Trinajstić information content (AvgIpc) is 2.87. The zero-order chi connectivity index (χ0) is 14.1. The molecule has 0 spiro atoms. The fourth-order valence-electron chi connectivity index (χ4n) is 1.64. The van der Waals surface area contributed by atoms with E-state index in [9.17, 15) is 9.90 Å². The number of aliphatic hydroxyl groups is 1. The monoisotopic (exact) mass is 286 g/mol. The number of ether oxygens (including phenoxy) is 1. The van der Waals surface area contributed by atoms with E-state index in [1.807, 2.05) is 6.07 Å². The SMILES string of the molecule is COCC(O)CNC(=O)NCC(C)Cc1cccs1. The van der Waals surface area contributed by atoms with Gasteiger partial charge in [-0.1, -0.05) is 13.0 Å². The number of nitrogens with one attached hydrogen (secondary N) is 2. The third kappa shape index (κ3) is 7.15. The van der Waals surface area contributed by atoms with Crippen LogP contribution >= 0.6 is 11.3 Å². The highest BCUT2D eigenvalue weighted by Crippen LogP contribution is 2.13. The van der Waals surface area contributed by atoms with E-state index in [0.717, 1.165) is 6.42 Å². The van der Waals surface area contributed by atoms with Gasteiger partial charge in [0.2, 0.25) is 0 Å². The summed E-state index contributed by atoms with van der Waals surface area (Å²) in [7, 11) is 1.51. The van der Waals surface area contributed by atoms with Gasteiger partial charge in [0.25, 0.3) is 0 Å². The maximum atomic E-state index is 11.5. The normalized spacial score (nSPS) is 13.8. The van der Waals surface area contributed by atoms with Crippen LogP contribution in [0.1, 0.15) is 11.8 Å². The second-order valence-electron chi connectivity index (χ2n) is 4.59. The first-order valence-corrected chi connectivity index (χ1v) is 7.21. The summed E-state index contributed by atoms with van der Waals surface area (Å²) in [5.74, 6) is 0.383. The van der Waals surface area contributed by atoms with Crippen molar-refractivity contribution in [2.75, 3.05) is 26.8 Å². The molecule has 1 heterocycles. The lowest BCUT2D eigenvalue weighted by atomic mass is 10.1. The Balaban J connectivity index is 2.12. The van der Waals surface area contributed by atoms with E-state index in [4.69, 9.17) is 4.74 Å². The zero-order valence-corrected chi connectivity index (χ0v) is 12.2. The molecule has 2 amide bonds. The summed E-state index contributed by atoms with van der Waals surface area (Å²) in [6.07, 6.45) is 0.295. The molecular formula is C13H22N2O3S. The van der Waals surface area contributed by atoms with Crippen LogP contribution < -0.4 is 10.6 Å². The number of carbonyl (C=O) groups excluding carboxylic acids is 1. The van der Waals surface area contributed by atoms with Crippen LogP contribution in [0, 0.1) is 5.92 Å². The Hall–Kier alpha value is -1.11. The maximum Gasteiger partial charge on any atom is 0.314 e. The Labute approximate surface area is 118 Å². The standard InChI is InChI=1S/C13H22N2O3S/c1-10(6-12-4-3-5-19-12)7-14-13(17)15-8-11(16)9-18-2/h3-5,10-11,16H,6-9H2,1-2H3,(H2,14,15,17). The molecule has 0 fully saturated rings. The van der Waals surface area contributed by atoms with Crippen LogP contribution in [0.5, 0.6) is 0 Å². The van der Waals surface area contributed by atoms with Gasteiger partial charge in [0, 0.05) is 25.1 Å². The van der Waals surface area contributed by atoms with Crippen LogP contribution in [0.3, 0.4) is 0 Å². The van der Waals surface area contributed by atoms with Gasteiger partial charge in [-0.15, -0.1) is 11.3 Å².